The molecular weight excluding hydrogens is 332 g/mol. The second kappa shape index (κ2) is 8.82. The topological polar surface area (TPSA) is 105 Å². The summed E-state index contributed by atoms with van der Waals surface area (Å²) >= 11 is 0. The summed E-state index contributed by atoms with van der Waals surface area (Å²) in [7, 11) is 0. The molecule has 0 spiro atoms. The Labute approximate surface area is 148 Å². The highest BCUT2D eigenvalue weighted by molar-refractivity contribution is 5.87. The number of esters is 2. The van der Waals surface area contributed by atoms with Gasteiger partial charge >= 0.3 is 18.1 Å². The lowest BCUT2D eigenvalue weighted by atomic mass is 10.2. The Balaban J connectivity index is 4.92. The maximum absolute atomic E-state index is 12.1. The van der Waals surface area contributed by atoms with Gasteiger partial charge in [0, 0.05) is 0 Å². The largest absolute Gasteiger partial charge is 0.509 e. The van der Waals surface area contributed by atoms with E-state index in [2.05, 4.69) is 0 Å². The first-order valence-corrected chi connectivity index (χ1v) is 7.93. The number of ether oxygens (including phenoxy) is 4. The van der Waals surface area contributed by atoms with Gasteiger partial charge < -0.3 is 18.9 Å². The molecule has 0 aromatic rings. The Bertz CT molecular complexity index is 510. The van der Waals surface area contributed by atoms with Crippen LogP contribution in [0.3, 0.4) is 0 Å². The van der Waals surface area contributed by atoms with Gasteiger partial charge in [-0.1, -0.05) is 0 Å². The van der Waals surface area contributed by atoms with Gasteiger partial charge in [-0.2, -0.15) is 0 Å². The van der Waals surface area contributed by atoms with Crippen LogP contribution in [-0.4, -0.2) is 47.3 Å². The van der Waals surface area contributed by atoms with Crippen molar-refractivity contribution in [1.29, 1.82) is 0 Å². The molecule has 0 rings (SSSR count). The summed E-state index contributed by atoms with van der Waals surface area (Å²) in [5.41, 5.74) is -1.57. The maximum atomic E-state index is 12.1. The third-order valence-corrected chi connectivity index (χ3v) is 2.40. The van der Waals surface area contributed by atoms with Gasteiger partial charge in [0.25, 0.3) is 0 Å². The zero-order valence-corrected chi connectivity index (χ0v) is 16.1. The first kappa shape index (κ1) is 22.9. The summed E-state index contributed by atoms with van der Waals surface area (Å²) in [6, 6.07) is 0. The van der Waals surface area contributed by atoms with E-state index in [0.717, 1.165) is 0 Å². The van der Waals surface area contributed by atoms with Gasteiger partial charge in [-0.25, -0.2) is 14.4 Å². The minimum absolute atomic E-state index is 0.390. The molecule has 0 saturated carbocycles. The number of ketones is 1. The van der Waals surface area contributed by atoms with Crippen molar-refractivity contribution in [1.82, 2.24) is 0 Å². The highest BCUT2D eigenvalue weighted by Crippen LogP contribution is 2.14. The summed E-state index contributed by atoms with van der Waals surface area (Å²) in [6.45, 7) is 12.4. The molecule has 144 valence electrons. The van der Waals surface area contributed by atoms with Gasteiger partial charge in [-0.05, 0) is 55.4 Å². The van der Waals surface area contributed by atoms with E-state index in [9.17, 15) is 19.2 Å². The number of Topliss-reactive ketones (excluding diaryl/α,β-unsaturated/α-hetero) is 1. The molecule has 0 aliphatic heterocycles. The van der Waals surface area contributed by atoms with E-state index in [0.29, 0.717) is 0 Å². The molecule has 0 amide bonds. The first-order valence-electron chi connectivity index (χ1n) is 7.93. The molecule has 0 unspecified atom stereocenters. The lowest BCUT2D eigenvalue weighted by molar-refractivity contribution is -0.179. The Hall–Kier alpha value is -2.12. The van der Waals surface area contributed by atoms with Crippen LogP contribution >= 0.6 is 0 Å². The molecule has 0 aromatic carbocycles. The normalized spacial score (nSPS) is 14.1. The Kier molecular flexibility index (Phi) is 8.08. The van der Waals surface area contributed by atoms with Crippen LogP contribution in [0.25, 0.3) is 0 Å². The van der Waals surface area contributed by atoms with Crippen LogP contribution in [0, 0.1) is 0 Å². The van der Waals surface area contributed by atoms with Crippen LogP contribution in [0.5, 0.6) is 0 Å². The molecule has 2 atom stereocenters. The van der Waals surface area contributed by atoms with Crippen LogP contribution in [0.1, 0.15) is 61.8 Å². The third kappa shape index (κ3) is 11.1. The molecule has 8 heteroatoms. The van der Waals surface area contributed by atoms with E-state index in [1.807, 2.05) is 0 Å². The summed E-state index contributed by atoms with van der Waals surface area (Å²) < 4.78 is 19.9. The number of rotatable bonds is 6. The summed E-state index contributed by atoms with van der Waals surface area (Å²) in [5, 5.41) is 0. The second-order valence-electron chi connectivity index (χ2n) is 7.59. The molecule has 0 aliphatic carbocycles. The molecule has 0 saturated heterocycles. The van der Waals surface area contributed by atoms with Crippen LogP contribution in [0.2, 0.25) is 0 Å². The third-order valence-electron chi connectivity index (χ3n) is 2.40. The fraction of sp³-hybridized carbons (Fsp3) is 0.765. The molecule has 0 N–H and O–H groups in total. The van der Waals surface area contributed by atoms with Crippen molar-refractivity contribution in [3.8, 4) is 0 Å². The number of hydrogen-bond acceptors (Lipinski definition) is 8. The van der Waals surface area contributed by atoms with Crippen LogP contribution in [-0.2, 0) is 33.3 Å². The van der Waals surface area contributed by atoms with E-state index >= 15 is 0 Å². The Morgan fingerprint density at radius 2 is 1.28 bits per heavy atom. The SMILES string of the molecule is CC(=O)C[C@H](OC(=O)OC(C)(C)C)C(=O)O[C@@H](C)C(=O)OC(C)(C)C. The molecule has 25 heavy (non-hydrogen) atoms. The number of carbonyl (C=O) groups excluding carboxylic acids is 4. The molecule has 0 bridgehead atoms. The summed E-state index contributed by atoms with van der Waals surface area (Å²) in [4.78, 5) is 47.0. The number of hydrogen-bond donors (Lipinski definition) is 0. The van der Waals surface area contributed by atoms with Crippen molar-refractivity contribution < 1.29 is 38.1 Å². The molecule has 0 heterocycles. The van der Waals surface area contributed by atoms with E-state index < -0.39 is 47.3 Å². The quantitative estimate of drug-likeness (QED) is 0.525. The fourth-order valence-corrected chi connectivity index (χ4v) is 1.51. The van der Waals surface area contributed by atoms with Crippen LogP contribution in [0.15, 0.2) is 0 Å². The molecule has 0 aromatic heterocycles. The van der Waals surface area contributed by atoms with Crippen molar-refractivity contribution in [2.75, 3.05) is 0 Å². The van der Waals surface area contributed by atoms with Gasteiger partial charge in [-0.3, -0.25) is 4.79 Å². The van der Waals surface area contributed by atoms with E-state index in [4.69, 9.17) is 18.9 Å². The van der Waals surface area contributed by atoms with Crippen molar-refractivity contribution >= 4 is 23.9 Å². The summed E-state index contributed by atoms with van der Waals surface area (Å²) in [6.07, 6.45) is -4.22. The van der Waals surface area contributed by atoms with Gasteiger partial charge in [0.05, 0.1) is 6.42 Å². The van der Waals surface area contributed by atoms with Crippen molar-refractivity contribution in [3.63, 3.8) is 0 Å². The van der Waals surface area contributed by atoms with Crippen molar-refractivity contribution in [3.05, 3.63) is 0 Å². The average Bonchev–Trinajstić information content (AvgIpc) is 2.32. The molecule has 0 radical (unpaired) electrons. The number of carbonyl (C=O) groups is 4. The zero-order chi connectivity index (χ0) is 20.0. The highest BCUT2D eigenvalue weighted by atomic mass is 16.7. The second-order valence-corrected chi connectivity index (χ2v) is 7.59. The molecule has 8 nitrogen and oxygen atoms in total. The average molecular weight is 360 g/mol. The molecule has 0 fully saturated rings. The van der Waals surface area contributed by atoms with Crippen LogP contribution in [0.4, 0.5) is 4.79 Å². The smallest absolute Gasteiger partial charge is 0.457 e. The van der Waals surface area contributed by atoms with E-state index in [-0.39, 0.29) is 6.42 Å². The van der Waals surface area contributed by atoms with Gasteiger partial charge in [0.1, 0.15) is 17.0 Å². The first-order chi connectivity index (χ1) is 11.1. The monoisotopic (exact) mass is 360 g/mol. The minimum Gasteiger partial charge on any atom is -0.457 e. The van der Waals surface area contributed by atoms with Crippen molar-refractivity contribution in [2.24, 2.45) is 0 Å². The van der Waals surface area contributed by atoms with Gasteiger partial charge in [0.2, 0.25) is 6.10 Å². The fourth-order valence-electron chi connectivity index (χ4n) is 1.51. The maximum Gasteiger partial charge on any atom is 0.509 e. The summed E-state index contributed by atoms with van der Waals surface area (Å²) in [5.74, 6) is -2.17. The minimum atomic E-state index is -1.50. The molecular formula is C17H28O8. The zero-order valence-electron chi connectivity index (χ0n) is 16.1. The lowest BCUT2D eigenvalue weighted by Gasteiger charge is -2.24. The predicted octanol–water partition coefficient (Wildman–Crippen LogP) is 2.56. The van der Waals surface area contributed by atoms with Crippen molar-refractivity contribution in [2.45, 2.75) is 85.2 Å². The molecule has 0 aliphatic rings. The van der Waals surface area contributed by atoms with Crippen LogP contribution < -0.4 is 0 Å². The lowest BCUT2D eigenvalue weighted by Crippen LogP contribution is -2.38. The Morgan fingerprint density at radius 1 is 0.800 bits per heavy atom. The highest BCUT2D eigenvalue weighted by Gasteiger charge is 2.32. The van der Waals surface area contributed by atoms with E-state index in [1.54, 1.807) is 41.5 Å². The van der Waals surface area contributed by atoms with Gasteiger partial charge in [0.15, 0.2) is 6.10 Å². The van der Waals surface area contributed by atoms with E-state index in [1.165, 1.54) is 13.8 Å². The van der Waals surface area contributed by atoms with Gasteiger partial charge in [-0.15, -0.1) is 0 Å². The predicted molar refractivity (Wildman–Crippen MR) is 87.8 cm³/mol. The Morgan fingerprint density at radius 3 is 1.68 bits per heavy atom. The standard InChI is InChI=1S/C17H28O8/c1-10(18)9-12(23-15(21)25-17(6,7)8)14(20)22-11(2)13(19)24-16(3,4)5/h11-12H,9H2,1-8H3/t11-,12-/m0/s1.